The predicted octanol–water partition coefficient (Wildman–Crippen LogP) is 7.00. The molecule has 0 bridgehead atoms. The summed E-state index contributed by atoms with van der Waals surface area (Å²) in [6.07, 6.45) is 5.97. The molecule has 0 saturated heterocycles. The van der Waals surface area contributed by atoms with Crippen LogP contribution < -0.4 is 0 Å². The maximum absolute atomic E-state index is 13.2. The van der Waals surface area contributed by atoms with Crippen molar-refractivity contribution in [3.05, 3.63) is 30.3 Å². The van der Waals surface area contributed by atoms with E-state index in [4.69, 9.17) is 18.9 Å². The van der Waals surface area contributed by atoms with Gasteiger partial charge in [0, 0.05) is 22.5 Å². The standard InChI is InChI=1S/C32H46O7S/c1-20(19-40(35)23-9-7-6-8-10-23)25-13-14-26-24-12-11-21-17-22(38-29(33)36-4)18-28(39-30(34)37-5)32(21,3)27(24)15-16-31(25,26)2/h6-10,20-22,24-28H,11-19H2,1-5H3/t20?,21?,22?,24-,25+,26-,27-,28?,31+,32-,40?/m0/s1. The molecule has 0 aromatic heterocycles. The number of hydrogen-bond donors (Lipinski definition) is 0. The topological polar surface area (TPSA) is 88.1 Å². The summed E-state index contributed by atoms with van der Waals surface area (Å²) in [6, 6.07) is 9.86. The normalized spacial score (nSPS) is 40.0. The Bertz CT molecular complexity index is 1090. The third-order valence-electron chi connectivity index (χ3n) is 11.7. The van der Waals surface area contributed by atoms with Crippen molar-refractivity contribution in [2.45, 2.75) is 89.2 Å². The smallest absolute Gasteiger partial charge is 0.438 e. The average molecular weight is 575 g/mol. The highest BCUT2D eigenvalue weighted by Gasteiger charge is 2.64. The number of benzene rings is 1. The van der Waals surface area contributed by atoms with Crippen LogP contribution in [0.5, 0.6) is 0 Å². The third kappa shape index (κ3) is 5.18. The second-order valence-electron chi connectivity index (χ2n) is 13.3. The Morgan fingerprint density at radius 1 is 0.925 bits per heavy atom. The van der Waals surface area contributed by atoms with Gasteiger partial charge in [-0.15, -0.1) is 0 Å². The Labute approximate surface area is 241 Å². The van der Waals surface area contributed by atoms with Gasteiger partial charge in [-0.2, -0.15) is 0 Å². The Morgan fingerprint density at radius 3 is 2.33 bits per heavy atom. The molecule has 0 aliphatic heterocycles. The minimum Gasteiger partial charge on any atom is -0.438 e. The summed E-state index contributed by atoms with van der Waals surface area (Å²) in [6.45, 7) is 7.13. The van der Waals surface area contributed by atoms with E-state index in [0.29, 0.717) is 47.7 Å². The fraction of sp³-hybridized carbons (Fsp3) is 0.750. The Hall–Kier alpha value is -2.09. The van der Waals surface area contributed by atoms with Crippen LogP contribution in [0, 0.1) is 46.3 Å². The fourth-order valence-electron chi connectivity index (χ4n) is 9.87. The van der Waals surface area contributed by atoms with Crippen molar-refractivity contribution in [2.24, 2.45) is 46.3 Å². The summed E-state index contributed by atoms with van der Waals surface area (Å²) in [5.74, 6) is 3.57. The maximum atomic E-state index is 13.2. The summed E-state index contributed by atoms with van der Waals surface area (Å²) in [7, 11) is 1.67. The van der Waals surface area contributed by atoms with E-state index in [2.05, 4.69) is 20.8 Å². The lowest BCUT2D eigenvalue weighted by atomic mass is 9.43. The molecule has 4 aliphatic rings. The number of carbonyl (C=O) groups is 2. The Kier molecular flexibility index (Phi) is 8.57. The van der Waals surface area contributed by atoms with Crippen LogP contribution in [0.3, 0.4) is 0 Å². The van der Waals surface area contributed by atoms with Crippen molar-refractivity contribution in [2.75, 3.05) is 20.0 Å². The van der Waals surface area contributed by atoms with Crippen LogP contribution in [-0.4, -0.2) is 48.7 Å². The molecule has 0 amide bonds. The molecule has 8 heteroatoms. The average Bonchev–Trinajstić information content (AvgIpc) is 3.31. The van der Waals surface area contributed by atoms with Crippen LogP contribution >= 0.6 is 0 Å². The van der Waals surface area contributed by atoms with Crippen LogP contribution in [-0.2, 0) is 29.7 Å². The molecule has 4 saturated carbocycles. The highest BCUT2D eigenvalue weighted by molar-refractivity contribution is 7.85. The molecule has 11 atom stereocenters. The van der Waals surface area contributed by atoms with Crippen molar-refractivity contribution in [1.29, 1.82) is 0 Å². The molecule has 0 N–H and O–H groups in total. The Morgan fingerprint density at radius 2 is 1.62 bits per heavy atom. The van der Waals surface area contributed by atoms with Gasteiger partial charge in [0.1, 0.15) is 12.2 Å². The van der Waals surface area contributed by atoms with Crippen molar-refractivity contribution >= 4 is 23.1 Å². The van der Waals surface area contributed by atoms with Gasteiger partial charge in [0.25, 0.3) is 0 Å². The molecule has 40 heavy (non-hydrogen) atoms. The molecule has 4 fully saturated rings. The van der Waals surface area contributed by atoms with Gasteiger partial charge in [0.05, 0.1) is 25.0 Å². The van der Waals surface area contributed by atoms with Gasteiger partial charge in [0.15, 0.2) is 0 Å². The molecular weight excluding hydrogens is 528 g/mol. The lowest BCUT2D eigenvalue weighted by Gasteiger charge is -2.62. The minimum absolute atomic E-state index is 0.201. The van der Waals surface area contributed by atoms with E-state index in [9.17, 15) is 13.8 Å². The number of fused-ring (bicyclic) bond motifs is 5. The van der Waals surface area contributed by atoms with Crippen molar-refractivity contribution in [3.63, 3.8) is 0 Å². The van der Waals surface area contributed by atoms with E-state index in [1.807, 2.05) is 30.3 Å². The van der Waals surface area contributed by atoms with Gasteiger partial charge in [-0.1, -0.05) is 39.0 Å². The number of carbonyl (C=O) groups excluding carboxylic acids is 2. The van der Waals surface area contributed by atoms with E-state index in [0.717, 1.165) is 37.0 Å². The van der Waals surface area contributed by atoms with Crippen LogP contribution in [0.4, 0.5) is 9.59 Å². The maximum Gasteiger partial charge on any atom is 0.508 e. The highest BCUT2D eigenvalue weighted by atomic mass is 32.2. The van der Waals surface area contributed by atoms with Crippen molar-refractivity contribution in [3.8, 4) is 0 Å². The first kappa shape index (κ1) is 29.4. The molecule has 1 aromatic rings. The molecule has 4 aliphatic carbocycles. The Balaban J connectivity index is 1.35. The molecule has 7 nitrogen and oxygen atoms in total. The second-order valence-corrected chi connectivity index (χ2v) is 14.8. The molecule has 222 valence electrons. The summed E-state index contributed by atoms with van der Waals surface area (Å²) >= 11 is 0. The summed E-state index contributed by atoms with van der Waals surface area (Å²) in [5.41, 5.74) is 0.0293. The molecule has 0 heterocycles. The van der Waals surface area contributed by atoms with E-state index >= 15 is 0 Å². The number of rotatable bonds is 6. The van der Waals surface area contributed by atoms with Gasteiger partial charge in [0.2, 0.25) is 0 Å². The third-order valence-corrected chi connectivity index (χ3v) is 13.3. The number of hydrogen-bond acceptors (Lipinski definition) is 7. The molecule has 1 aromatic carbocycles. The first-order valence-corrected chi connectivity index (χ1v) is 16.4. The first-order chi connectivity index (χ1) is 19.1. The van der Waals surface area contributed by atoms with Crippen molar-refractivity contribution in [1.82, 2.24) is 0 Å². The SMILES string of the molecule is COC(=O)OC1CC2CC[C@@H]3[C@H](CC[C@]4(C)[C@@H](C(C)CS(=O)c5ccccc5)CC[C@@H]34)[C@@]2(C)C(OC(=O)OC)C1. The van der Waals surface area contributed by atoms with E-state index in [-0.39, 0.29) is 23.0 Å². The van der Waals surface area contributed by atoms with Crippen molar-refractivity contribution < 1.29 is 32.7 Å². The molecule has 0 spiro atoms. The number of ether oxygens (including phenoxy) is 4. The summed E-state index contributed by atoms with van der Waals surface area (Å²) in [5, 5.41) is 0. The van der Waals surface area contributed by atoms with Gasteiger partial charge >= 0.3 is 12.3 Å². The van der Waals surface area contributed by atoms with E-state index in [1.54, 1.807) is 0 Å². The predicted molar refractivity (Wildman–Crippen MR) is 152 cm³/mol. The van der Waals surface area contributed by atoms with Crippen LogP contribution in [0.1, 0.15) is 72.1 Å². The zero-order valence-electron chi connectivity index (χ0n) is 24.6. The lowest BCUT2D eigenvalue weighted by molar-refractivity contribution is -0.188. The first-order valence-electron chi connectivity index (χ1n) is 15.0. The highest BCUT2D eigenvalue weighted by Crippen LogP contribution is 2.68. The second kappa shape index (κ2) is 11.7. The molecular formula is C32H46O7S. The molecule has 5 rings (SSSR count). The van der Waals surface area contributed by atoms with Crippen LogP contribution in [0.2, 0.25) is 0 Å². The van der Waals surface area contributed by atoms with Gasteiger partial charge in [-0.3, -0.25) is 4.21 Å². The quantitative estimate of drug-likeness (QED) is 0.338. The van der Waals surface area contributed by atoms with E-state index in [1.165, 1.54) is 27.1 Å². The number of methoxy groups -OCH3 is 2. The lowest BCUT2D eigenvalue weighted by Crippen LogP contribution is -2.60. The fourth-order valence-corrected chi connectivity index (χ4v) is 11.2. The molecule has 0 radical (unpaired) electrons. The largest absolute Gasteiger partial charge is 0.508 e. The van der Waals surface area contributed by atoms with Gasteiger partial charge < -0.3 is 18.9 Å². The monoisotopic (exact) mass is 574 g/mol. The molecule has 5 unspecified atom stereocenters. The zero-order chi connectivity index (χ0) is 28.7. The summed E-state index contributed by atoms with van der Waals surface area (Å²) < 4.78 is 34.4. The van der Waals surface area contributed by atoms with Crippen LogP contribution in [0.15, 0.2) is 35.2 Å². The van der Waals surface area contributed by atoms with Crippen LogP contribution in [0.25, 0.3) is 0 Å². The summed E-state index contributed by atoms with van der Waals surface area (Å²) in [4.78, 5) is 25.2. The van der Waals surface area contributed by atoms with Gasteiger partial charge in [-0.25, -0.2) is 9.59 Å². The van der Waals surface area contributed by atoms with E-state index < -0.39 is 23.1 Å². The minimum atomic E-state index is -0.985. The zero-order valence-corrected chi connectivity index (χ0v) is 25.5. The van der Waals surface area contributed by atoms with Gasteiger partial charge in [-0.05, 0) is 98.0 Å².